The van der Waals surface area contributed by atoms with Crippen LogP contribution in [0.1, 0.15) is 39.7 Å². The molecule has 3 rings (SSSR count). The summed E-state index contributed by atoms with van der Waals surface area (Å²) in [7, 11) is -4.25. The molecule has 0 bridgehead atoms. The van der Waals surface area contributed by atoms with Crippen LogP contribution in [-0.4, -0.2) is 43.3 Å². The van der Waals surface area contributed by atoms with Crippen molar-refractivity contribution in [2.75, 3.05) is 10.8 Å². The zero-order valence-electron chi connectivity index (χ0n) is 22.7. The Bertz CT molecular complexity index is 1460. The quantitative estimate of drug-likeness (QED) is 0.277. The minimum Gasteiger partial charge on any atom is -0.350 e. The second-order valence-electron chi connectivity index (χ2n) is 10.2. The van der Waals surface area contributed by atoms with Crippen molar-refractivity contribution in [2.45, 2.75) is 57.1 Å². The number of amides is 2. The maximum absolute atomic E-state index is 14.1. The Hall–Kier alpha value is -2.78. The van der Waals surface area contributed by atoms with Gasteiger partial charge in [-0.15, -0.1) is 0 Å². The third kappa shape index (κ3) is 7.91. The molecule has 0 spiro atoms. The van der Waals surface area contributed by atoms with Gasteiger partial charge in [0.25, 0.3) is 10.0 Å². The smallest absolute Gasteiger partial charge is 0.264 e. The minimum absolute atomic E-state index is 0.0118. The molecule has 40 heavy (non-hydrogen) atoms. The van der Waals surface area contributed by atoms with E-state index in [0.29, 0.717) is 15.6 Å². The van der Waals surface area contributed by atoms with Crippen LogP contribution in [0.25, 0.3) is 0 Å². The summed E-state index contributed by atoms with van der Waals surface area (Å²) in [4.78, 5) is 28.8. The molecule has 0 heterocycles. The first kappa shape index (κ1) is 31.7. The lowest BCUT2D eigenvalue weighted by Crippen LogP contribution is -2.55. The number of nitrogens with zero attached hydrogens (tertiary/aromatic N) is 2. The van der Waals surface area contributed by atoms with Crippen LogP contribution in [0, 0.1) is 0 Å². The maximum atomic E-state index is 14.1. The number of nitrogens with one attached hydrogen (secondary N) is 1. The van der Waals surface area contributed by atoms with Crippen LogP contribution in [0.15, 0.2) is 77.7 Å². The maximum Gasteiger partial charge on any atom is 0.264 e. The lowest BCUT2D eigenvalue weighted by atomic mass is 10.1. The summed E-state index contributed by atoms with van der Waals surface area (Å²) in [5.41, 5.74) is 0.137. The van der Waals surface area contributed by atoms with Crippen LogP contribution in [0.2, 0.25) is 15.1 Å². The third-order valence-corrected chi connectivity index (χ3v) is 8.65. The molecular weight excluding hydrogens is 593 g/mol. The van der Waals surface area contributed by atoms with Gasteiger partial charge in [0.05, 0.1) is 15.6 Å². The summed E-state index contributed by atoms with van der Waals surface area (Å²) >= 11 is 18.9. The molecule has 0 aliphatic heterocycles. The second-order valence-corrected chi connectivity index (χ2v) is 13.3. The highest BCUT2D eigenvalue weighted by molar-refractivity contribution is 7.92. The molecule has 1 N–H and O–H groups in total. The Kier molecular flexibility index (Phi) is 10.5. The first-order chi connectivity index (χ1) is 18.7. The predicted molar refractivity (Wildman–Crippen MR) is 161 cm³/mol. The lowest BCUT2D eigenvalue weighted by molar-refractivity contribution is -0.141. The Labute approximate surface area is 251 Å². The number of carbonyl (C=O) groups excluding carboxylic acids is 2. The van der Waals surface area contributed by atoms with Crippen molar-refractivity contribution in [1.29, 1.82) is 0 Å². The molecule has 7 nitrogen and oxygen atoms in total. The fraction of sp³-hybridized carbons (Fsp3) is 0.310. The van der Waals surface area contributed by atoms with Crippen molar-refractivity contribution < 1.29 is 18.0 Å². The first-order valence-electron chi connectivity index (χ1n) is 12.6. The third-order valence-electron chi connectivity index (χ3n) is 5.97. The predicted octanol–water partition coefficient (Wildman–Crippen LogP) is 6.56. The van der Waals surface area contributed by atoms with Gasteiger partial charge in [0.2, 0.25) is 11.8 Å². The van der Waals surface area contributed by atoms with Crippen molar-refractivity contribution in [3.8, 4) is 0 Å². The van der Waals surface area contributed by atoms with Crippen LogP contribution in [0.4, 0.5) is 5.69 Å². The van der Waals surface area contributed by atoms with E-state index in [1.807, 2.05) is 20.8 Å². The Morgan fingerprint density at radius 2 is 1.52 bits per heavy atom. The van der Waals surface area contributed by atoms with E-state index in [2.05, 4.69) is 5.32 Å². The molecule has 3 aromatic rings. The van der Waals surface area contributed by atoms with Gasteiger partial charge in [0.15, 0.2) is 0 Å². The minimum atomic E-state index is -4.25. The fourth-order valence-corrected chi connectivity index (χ4v) is 6.31. The number of benzene rings is 3. The summed E-state index contributed by atoms with van der Waals surface area (Å²) in [6.07, 6.45) is 0.283. The number of halogens is 3. The number of sulfonamides is 1. The highest BCUT2D eigenvalue weighted by atomic mass is 35.5. The monoisotopic (exact) mass is 623 g/mol. The molecule has 1 unspecified atom stereocenters. The van der Waals surface area contributed by atoms with Crippen molar-refractivity contribution >= 4 is 62.3 Å². The fourth-order valence-electron chi connectivity index (χ4n) is 4.10. The van der Waals surface area contributed by atoms with E-state index in [9.17, 15) is 18.0 Å². The summed E-state index contributed by atoms with van der Waals surface area (Å²) in [5, 5.41) is 3.71. The molecule has 11 heteroatoms. The van der Waals surface area contributed by atoms with Crippen molar-refractivity contribution in [3.05, 3.63) is 93.4 Å². The standard InChI is InChI=1S/C29H32Cl3N3O4S/c1-5-25(28(37)33-29(2,3)4)34(18-20-11-9-10-14-23(20)31)27(36)19-35(26-16-15-21(30)17-24(26)32)40(38,39)22-12-7-6-8-13-22/h6-17,25H,5,18-19H2,1-4H3,(H,33,37). The van der Waals surface area contributed by atoms with Crippen LogP contribution >= 0.6 is 34.8 Å². The average Bonchev–Trinajstić information content (AvgIpc) is 2.88. The molecule has 214 valence electrons. The van der Waals surface area contributed by atoms with Gasteiger partial charge in [-0.1, -0.05) is 78.1 Å². The molecule has 0 aliphatic rings. The molecule has 0 aromatic heterocycles. The van der Waals surface area contributed by atoms with E-state index in [-0.39, 0.29) is 34.5 Å². The van der Waals surface area contributed by atoms with Crippen LogP contribution in [0.3, 0.4) is 0 Å². The highest BCUT2D eigenvalue weighted by Crippen LogP contribution is 2.33. The Morgan fingerprint density at radius 3 is 2.10 bits per heavy atom. The molecular formula is C29H32Cl3N3O4S. The van der Waals surface area contributed by atoms with Crippen LogP contribution in [0.5, 0.6) is 0 Å². The largest absolute Gasteiger partial charge is 0.350 e. The van der Waals surface area contributed by atoms with E-state index in [0.717, 1.165) is 4.31 Å². The molecule has 0 aliphatic carbocycles. The van der Waals surface area contributed by atoms with Crippen molar-refractivity contribution in [2.24, 2.45) is 0 Å². The van der Waals surface area contributed by atoms with Gasteiger partial charge < -0.3 is 10.2 Å². The van der Waals surface area contributed by atoms with E-state index < -0.39 is 34.1 Å². The van der Waals surface area contributed by atoms with E-state index >= 15 is 0 Å². The highest BCUT2D eigenvalue weighted by Gasteiger charge is 2.35. The average molecular weight is 625 g/mol. The van der Waals surface area contributed by atoms with Gasteiger partial charge in [-0.3, -0.25) is 13.9 Å². The van der Waals surface area contributed by atoms with Crippen LogP contribution < -0.4 is 9.62 Å². The summed E-state index contributed by atoms with van der Waals surface area (Å²) in [6.45, 7) is 6.68. The first-order valence-corrected chi connectivity index (χ1v) is 15.2. The molecule has 0 saturated carbocycles. The lowest BCUT2D eigenvalue weighted by Gasteiger charge is -2.35. The van der Waals surface area contributed by atoms with Gasteiger partial charge >= 0.3 is 0 Å². The topological polar surface area (TPSA) is 86.8 Å². The van der Waals surface area contributed by atoms with E-state index in [4.69, 9.17) is 34.8 Å². The number of carbonyl (C=O) groups is 2. The molecule has 0 fully saturated rings. The Morgan fingerprint density at radius 1 is 0.900 bits per heavy atom. The molecule has 0 saturated heterocycles. The summed E-state index contributed by atoms with van der Waals surface area (Å²) < 4.78 is 28.7. The number of anilines is 1. The van der Waals surface area contributed by atoms with E-state index in [1.54, 1.807) is 49.4 Å². The van der Waals surface area contributed by atoms with Crippen molar-refractivity contribution in [3.63, 3.8) is 0 Å². The van der Waals surface area contributed by atoms with Crippen LogP contribution in [-0.2, 0) is 26.2 Å². The molecule has 3 aromatic carbocycles. The number of hydrogen-bond acceptors (Lipinski definition) is 4. The summed E-state index contributed by atoms with van der Waals surface area (Å²) in [6, 6.07) is 18.2. The summed E-state index contributed by atoms with van der Waals surface area (Å²) in [5.74, 6) is -0.973. The van der Waals surface area contributed by atoms with Gasteiger partial charge in [0, 0.05) is 22.1 Å². The van der Waals surface area contributed by atoms with Crippen molar-refractivity contribution in [1.82, 2.24) is 10.2 Å². The van der Waals surface area contributed by atoms with Gasteiger partial charge in [-0.05, 0) is 69.2 Å². The zero-order valence-corrected chi connectivity index (χ0v) is 25.8. The van der Waals surface area contributed by atoms with Gasteiger partial charge in [-0.25, -0.2) is 8.42 Å². The number of rotatable bonds is 10. The molecule has 1 atom stereocenters. The van der Waals surface area contributed by atoms with Gasteiger partial charge in [-0.2, -0.15) is 0 Å². The SMILES string of the molecule is CCC(C(=O)NC(C)(C)C)N(Cc1ccccc1Cl)C(=O)CN(c1ccc(Cl)cc1Cl)S(=O)(=O)c1ccccc1. The molecule has 2 amide bonds. The normalized spacial score (nSPS) is 12.5. The van der Waals surface area contributed by atoms with Gasteiger partial charge in [0.1, 0.15) is 12.6 Å². The molecule has 0 radical (unpaired) electrons. The Balaban J connectivity index is 2.11. The number of hydrogen-bond donors (Lipinski definition) is 1. The zero-order chi connectivity index (χ0) is 29.7. The van der Waals surface area contributed by atoms with E-state index in [1.165, 1.54) is 35.2 Å². The second kappa shape index (κ2) is 13.3.